The van der Waals surface area contributed by atoms with Gasteiger partial charge in [0, 0.05) is 11.6 Å². The third-order valence-corrected chi connectivity index (χ3v) is 3.99. The predicted octanol–water partition coefficient (Wildman–Crippen LogP) is 2.32. The highest BCUT2D eigenvalue weighted by Crippen LogP contribution is 2.21. The number of fused-ring (bicyclic) bond motifs is 1. The number of carbonyl (C=O) groups is 2. The second kappa shape index (κ2) is 7.66. The van der Waals surface area contributed by atoms with Crippen LogP contribution >= 0.6 is 11.7 Å². The second-order valence-electron chi connectivity index (χ2n) is 5.21. The van der Waals surface area contributed by atoms with Gasteiger partial charge in [0.25, 0.3) is 11.6 Å². The van der Waals surface area contributed by atoms with Crippen LogP contribution in [0.1, 0.15) is 5.56 Å². The quantitative estimate of drug-likeness (QED) is 0.400. The van der Waals surface area contributed by atoms with Crippen LogP contribution in [0.25, 0.3) is 11.0 Å². The molecule has 3 aromatic rings. The fourth-order valence-corrected chi connectivity index (χ4v) is 2.83. The molecule has 1 N–H and O–H groups in total. The molecule has 2 aromatic carbocycles. The number of ether oxygens (including phenoxy) is 1. The lowest BCUT2D eigenvalue weighted by molar-refractivity contribution is -0.385. The van der Waals surface area contributed by atoms with Gasteiger partial charge in [0.05, 0.1) is 28.8 Å². The van der Waals surface area contributed by atoms with Crippen LogP contribution < -0.4 is 5.32 Å². The van der Waals surface area contributed by atoms with Crippen LogP contribution in [-0.2, 0) is 20.7 Å². The molecule has 26 heavy (non-hydrogen) atoms. The number of nitro groups is 1. The third kappa shape index (κ3) is 3.98. The molecule has 10 heteroatoms. The number of anilines is 1. The number of benzene rings is 2. The molecule has 0 spiro atoms. The number of para-hydroxylation sites is 1. The van der Waals surface area contributed by atoms with Crippen molar-refractivity contribution in [3.05, 3.63) is 58.1 Å². The fraction of sp³-hybridized carbons (Fsp3) is 0.125. The number of nitrogens with zero attached hydrogens (tertiary/aromatic N) is 3. The smallest absolute Gasteiger partial charge is 0.311 e. The van der Waals surface area contributed by atoms with Gasteiger partial charge in [-0.3, -0.25) is 19.7 Å². The van der Waals surface area contributed by atoms with Crippen LogP contribution in [0.15, 0.2) is 42.5 Å². The molecule has 9 nitrogen and oxygen atoms in total. The number of aromatic nitrogens is 2. The third-order valence-electron chi connectivity index (χ3n) is 3.45. The summed E-state index contributed by atoms with van der Waals surface area (Å²) in [6.07, 6.45) is -0.296. The monoisotopic (exact) mass is 372 g/mol. The predicted molar refractivity (Wildman–Crippen MR) is 93.8 cm³/mol. The molecule has 0 aliphatic rings. The van der Waals surface area contributed by atoms with E-state index in [0.717, 1.165) is 11.7 Å². The van der Waals surface area contributed by atoms with E-state index in [0.29, 0.717) is 16.7 Å². The van der Waals surface area contributed by atoms with Crippen molar-refractivity contribution in [2.75, 3.05) is 11.9 Å². The summed E-state index contributed by atoms with van der Waals surface area (Å²) in [5, 5.41) is 13.5. The maximum absolute atomic E-state index is 12.0. The van der Waals surface area contributed by atoms with E-state index >= 15 is 0 Å². The molecule has 0 atom stereocenters. The van der Waals surface area contributed by atoms with E-state index in [4.69, 9.17) is 4.74 Å². The number of nitrogens with one attached hydrogen (secondary N) is 1. The largest absolute Gasteiger partial charge is 0.455 e. The number of rotatable bonds is 6. The van der Waals surface area contributed by atoms with Crippen LogP contribution in [-0.4, -0.2) is 32.2 Å². The average Bonchev–Trinajstić information content (AvgIpc) is 3.10. The zero-order valence-electron chi connectivity index (χ0n) is 13.2. The molecule has 0 saturated heterocycles. The molecule has 0 radical (unpaired) electrons. The number of carbonyl (C=O) groups excluding carboxylic acids is 2. The minimum atomic E-state index is -0.733. The van der Waals surface area contributed by atoms with E-state index in [2.05, 4.69) is 14.1 Å². The molecule has 132 valence electrons. The van der Waals surface area contributed by atoms with Gasteiger partial charge in [0.2, 0.25) is 0 Å². The molecule has 0 saturated carbocycles. The van der Waals surface area contributed by atoms with Crippen molar-refractivity contribution in [1.82, 2.24) is 8.75 Å². The van der Waals surface area contributed by atoms with Crippen molar-refractivity contribution in [2.45, 2.75) is 6.42 Å². The van der Waals surface area contributed by atoms with Gasteiger partial charge in [0.15, 0.2) is 6.61 Å². The minimum Gasteiger partial charge on any atom is -0.455 e. The Hall–Kier alpha value is -3.40. The highest BCUT2D eigenvalue weighted by molar-refractivity contribution is 7.00. The van der Waals surface area contributed by atoms with Crippen LogP contribution in [0.3, 0.4) is 0 Å². The lowest BCUT2D eigenvalue weighted by Crippen LogP contribution is -2.22. The first-order valence-corrected chi connectivity index (χ1v) is 8.16. The molecular weight excluding hydrogens is 360 g/mol. The standard InChI is InChI=1S/C16H12N4O5S/c21-14(17-11-5-3-6-12-16(11)19-26-18-12)9-25-15(22)8-10-4-1-2-7-13(10)20(23)24/h1-7H,8-9H2,(H,17,21). The van der Waals surface area contributed by atoms with E-state index < -0.39 is 23.4 Å². The van der Waals surface area contributed by atoms with Crippen LogP contribution in [0.2, 0.25) is 0 Å². The molecule has 1 aromatic heterocycles. The van der Waals surface area contributed by atoms with Gasteiger partial charge >= 0.3 is 5.97 Å². The van der Waals surface area contributed by atoms with E-state index in [-0.39, 0.29) is 17.7 Å². The first-order valence-electron chi connectivity index (χ1n) is 7.43. The number of amides is 1. The molecule has 0 aliphatic carbocycles. The SMILES string of the molecule is O=C(COC(=O)Cc1ccccc1[N+](=O)[O-])Nc1cccc2nsnc12. The number of hydrogen-bond donors (Lipinski definition) is 1. The summed E-state index contributed by atoms with van der Waals surface area (Å²) in [6, 6.07) is 11.0. The topological polar surface area (TPSA) is 124 Å². The van der Waals surface area contributed by atoms with Crippen molar-refractivity contribution < 1.29 is 19.2 Å². The number of esters is 1. The summed E-state index contributed by atoms with van der Waals surface area (Å²) >= 11 is 1.03. The first-order chi connectivity index (χ1) is 12.5. The molecule has 0 bridgehead atoms. The normalized spacial score (nSPS) is 10.5. The van der Waals surface area contributed by atoms with E-state index in [1.165, 1.54) is 18.2 Å². The highest BCUT2D eigenvalue weighted by Gasteiger charge is 2.17. The maximum atomic E-state index is 12.0. The Kier molecular flexibility index (Phi) is 5.13. The van der Waals surface area contributed by atoms with E-state index in [1.54, 1.807) is 24.3 Å². The molecule has 0 fully saturated rings. The van der Waals surface area contributed by atoms with E-state index in [9.17, 15) is 19.7 Å². The van der Waals surface area contributed by atoms with Gasteiger partial charge in [-0.25, -0.2) is 0 Å². The Morgan fingerprint density at radius 1 is 1.15 bits per heavy atom. The van der Waals surface area contributed by atoms with Crippen LogP contribution in [0.4, 0.5) is 11.4 Å². The zero-order chi connectivity index (χ0) is 18.5. The average molecular weight is 372 g/mol. The Bertz CT molecular complexity index is 987. The van der Waals surface area contributed by atoms with Gasteiger partial charge in [-0.15, -0.1) is 0 Å². The lowest BCUT2D eigenvalue weighted by Gasteiger charge is -2.07. The second-order valence-corrected chi connectivity index (χ2v) is 5.74. The van der Waals surface area contributed by atoms with Crippen molar-refractivity contribution >= 4 is 46.0 Å². The summed E-state index contributed by atoms with van der Waals surface area (Å²) in [5.74, 6) is -1.27. The van der Waals surface area contributed by atoms with Crippen LogP contribution in [0.5, 0.6) is 0 Å². The van der Waals surface area contributed by atoms with Crippen molar-refractivity contribution in [3.63, 3.8) is 0 Å². The van der Waals surface area contributed by atoms with Gasteiger partial charge in [-0.1, -0.05) is 24.3 Å². The summed E-state index contributed by atoms with van der Waals surface area (Å²) in [5.41, 5.74) is 1.73. The maximum Gasteiger partial charge on any atom is 0.311 e. The zero-order valence-corrected chi connectivity index (χ0v) is 14.1. The Morgan fingerprint density at radius 3 is 2.77 bits per heavy atom. The highest BCUT2D eigenvalue weighted by atomic mass is 32.1. The van der Waals surface area contributed by atoms with E-state index in [1.807, 2.05) is 0 Å². The Balaban J connectivity index is 1.57. The summed E-state index contributed by atoms with van der Waals surface area (Å²) in [6.45, 7) is -0.507. The summed E-state index contributed by atoms with van der Waals surface area (Å²) in [7, 11) is 0. The Morgan fingerprint density at radius 2 is 1.96 bits per heavy atom. The lowest BCUT2D eigenvalue weighted by atomic mass is 10.1. The molecule has 1 heterocycles. The number of hydrogen-bond acceptors (Lipinski definition) is 8. The first kappa shape index (κ1) is 17.4. The molecular formula is C16H12N4O5S. The summed E-state index contributed by atoms with van der Waals surface area (Å²) in [4.78, 5) is 34.2. The van der Waals surface area contributed by atoms with Crippen molar-refractivity contribution in [2.24, 2.45) is 0 Å². The van der Waals surface area contributed by atoms with Gasteiger partial charge in [-0.05, 0) is 12.1 Å². The molecule has 0 unspecified atom stereocenters. The number of nitro benzene ring substituents is 1. The van der Waals surface area contributed by atoms with Gasteiger partial charge in [-0.2, -0.15) is 8.75 Å². The molecule has 3 rings (SSSR count). The van der Waals surface area contributed by atoms with Crippen LogP contribution in [0, 0.1) is 10.1 Å². The molecule has 0 aliphatic heterocycles. The summed E-state index contributed by atoms with van der Waals surface area (Å²) < 4.78 is 13.1. The Labute approximate surface area is 151 Å². The van der Waals surface area contributed by atoms with Crippen molar-refractivity contribution in [3.8, 4) is 0 Å². The van der Waals surface area contributed by atoms with Gasteiger partial charge in [0.1, 0.15) is 11.0 Å². The molecule has 1 amide bonds. The van der Waals surface area contributed by atoms with Gasteiger partial charge < -0.3 is 10.1 Å². The fourth-order valence-electron chi connectivity index (χ4n) is 2.28. The minimum absolute atomic E-state index is 0.170. The van der Waals surface area contributed by atoms with Crippen molar-refractivity contribution in [1.29, 1.82) is 0 Å².